The fourth-order valence-electron chi connectivity index (χ4n) is 0.956. The van der Waals surface area contributed by atoms with Crippen molar-refractivity contribution >= 4 is 17.7 Å². The topological polar surface area (TPSA) is 63.3 Å². The molecule has 0 fully saturated rings. The van der Waals surface area contributed by atoms with Crippen molar-refractivity contribution in [1.29, 1.82) is 0 Å². The summed E-state index contributed by atoms with van der Waals surface area (Å²) < 4.78 is 64.4. The van der Waals surface area contributed by atoms with Gasteiger partial charge in [0.05, 0.1) is 4.90 Å². The highest BCUT2D eigenvalue weighted by Crippen LogP contribution is 2.30. The summed E-state index contributed by atoms with van der Waals surface area (Å²) in [4.78, 5) is 9.19. The average molecular weight is 287 g/mol. The van der Waals surface area contributed by atoms with Crippen LogP contribution in [0.2, 0.25) is 0 Å². The molecular weight excluding hydrogens is 281 g/mol. The van der Waals surface area contributed by atoms with Crippen LogP contribution in [0.1, 0.15) is 0 Å². The number of benzene rings is 1. The van der Waals surface area contributed by atoms with Crippen LogP contribution in [-0.2, 0) is 4.79 Å². The first-order valence-corrected chi connectivity index (χ1v) is 5.38. The maximum Gasteiger partial charge on any atom is 0.321 e. The van der Waals surface area contributed by atoms with E-state index in [1.54, 1.807) is 0 Å². The summed E-state index contributed by atoms with van der Waals surface area (Å²) in [5.74, 6) is -12.4. The van der Waals surface area contributed by atoms with E-state index in [4.69, 9.17) is 10.8 Å². The molecule has 0 aromatic heterocycles. The van der Waals surface area contributed by atoms with Crippen molar-refractivity contribution in [3.05, 3.63) is 29.1 Å². The van der Waals surface area contributed by atoms with Gasteiger partial charge in [-0.15, -0.1) is 11.8 Å². The lowest BCUT2D eigenvalue weighted by atomic mass is 10.3. The Bertz CT molecular complexity index is 467. The van der Waals surface area contributed by atoms with Crippen molar-refractivity contribution in [2.45, 2.75) is 10.9 Å². The number of thioether (sulfide) groups is 1. The first-order chi connectivity index (χ1) is 8.27. The monoisotopic (exact) mass is 287 g/mol. The van der Waals surface area contributed by atoms with Gasteiger partial charge in [0.25, 0.3) is 0 Å². The standard InChI is InChI=1S/C9H6F5NO2S/c10-3-4(11)6(13)8(7(14)5(3)12)18-1-2(15)9(16)17/h2H,1,15H2,(H,16,17)/t2-/m0/s1. The Morgan fingerprint density at radius 3 is 1.83 bits per heavy atom. The van der Waals surface area contributed by atoms with Gasteiger partial charge in [0.1, 0.15) is 6.04 Å². The molecule has 0 amide bonds. The van der Waals surface area contributed by atoms with E-state index in [9.17, 15) is 26.7 Å². The smallest absolute Gasteiger partial charge is 0.321 e. The zero-order chi connectivity index (χ0) is 14.0. The number of nitrogens with two attached hydrogens (primary N) is 1. The fourth-order valence-corrected chi connectivity index (χ4v) is 1.88. The van der Waals surface area contributed by atoms with Gasteiger partial charge in [-0.25, -0.2) is 22.0 Å². The van der Waals surface area contributed by atoms with Gasteiger partial charge in [-0.2, -0.15) is 0 Å². The molecule has 0 aliphatic heterocycles. The Morgan fingerprint density at radius 2 is 1.44 bits per heavy atom. The Kier molecular flexibility index (Phi) is 4.52. The highest BCUT2D eigenvalue weighted by atomic mass is 32.2. The van der Waals surface area contributed by atoms with E-state index in [1.807, 2.05) is 0 Å². The van der Waals surface area contributed by atoms with E-state index in [1.165, 1.54) is 0 Å². The molecule has 3 N–H and O–H groups in total. The van der Waals surface area contributed by atoms with Crippen molar-refractivity contribution in [1.82, 2.24) is 0 Å². The Labute approximate surface area is 102 Å². The van der Waals surface area contributed by atoms with Crippen LogP contribution < -0.4 is 5.73 Å². The molecule has 0 saturated heterocycles. The number of aliphatic carboxylic acids is 1. The SMILES string of the molecule is N[C@@H](CSc1c(F)c(F)c(F)c(F)c1F)C(=O)O. The summed E-state index contributed by atoms with van der Waals surface area (Å²) >= 11 is 0.145. The van der Waals surface area contributed by atoms with Crippen LogP contribution >= 0.6 is 11.8 Å². The van der Waals surface area contributed by atoms with Crippen molar-refractivity contribution in [3.8, 4) is 0 Å². The zero-order valence-electron chi connectivity index (χ0n) is 8.52. The highest BCUT2D eigenvalue weighted by Gasteiger charge is 2.26. The summed E-state index contributed by atoms with van der Waals surface area (Å²) in [6, 6.07) is -1.48. The van der Waals surface area contributed by atoms with Gasteiger partial charge < -0.3 is 10.8 Å². The van der Waals surface area contributed by atoms with Crippen molar-refractivity contribution < 1.29 is 31.9 Å². The van der Waals surface area contributed by atoms with E-state index < -0.39 is 51.7 Å². The normalized spacial score (nSPS) is 12.6. The first kappa shape index (κ1) is 14.7. The predicted octanol–water partition coefficient (Wildman–Crippen LogP) is 1.89. The van der Waals surface area contributed by atoms with E-state index in [0.29, 0.717) is 0 Å². The summed E-state index contributed by atoms with van der Waals surface area (Å²) in [6.45, 7) is 0. The minimum atomic E-state index is -2.27. The number of hydrogen-bond donors (Lipinski definition) is 2. The lowest BCUT2D eigenvalue weighted by molar-refractivity contribution is -0.137. The molecule has 18 heavy (non-hydrogen) atoms. The molecule has 0 spiro atoms. The number of hydrogen-bond acceptors (Lipinski definition) is 3. The number of halogens is 5. The molecule has 0 saturated carbocycles. The molecule has 0 aliphatic carbocycles. The number of carboxylic acids is 1. The lowest BCUT2D eigenvalue weighted by Gasteiger charge is -2.09. The summed E-state index contributed by atoms with van der Waals surface area (Å²) in [5, 5.41) is 8.42. The molecule has 3 nitrogen and oxygen atoms in total. The van der Waals surface area contributed by atoms with Gasteiger partial charge >= 0.3 is 5.97 Å². The molecule has 1 aromatic carbocycles. The molecule has 0 bridgehead atoms. The maximum atomic E-state index is 13.1. The van der Waals surface area contributed by atoms with Gasteiger partial charge in [-0.3, -0.25) is 4.79 Å². The van der Waals surface area contributed by atoms with Crippen LogP contribution in [0.15, 0.2) is 4.90 Å². The molecule has 9 heteroatoms. The van der Waals surface area contributed by atoms with Crippen molar-refractivity contribution in [2.75, 3.05) is 5.75 Å². The summed E-state index contributed by atoms with van der Waals surface area (Å²) in [7, 11) is 0. The van der Waals surface area contributed by atoms with Crippen molar-refractivity contribution in [3.63, 3.8) is 0 Å². The van der Waals surface area contributed by atoms with Crippen LogP contribution in [0.3, 0.4) is 0 Å². The molecule has 0 heterocycles. The molecular formula is C9H6F5NO2S. The third-order valence-electron chi connectivity index (χ3n) is 1.89. The van der Waals surface area contributed by atoms with Crippen molar-refractivity contribution in [2.24, 2.45) is 5.73 Å². The van der Waals surface area contributed by atoms with Crippen LogP contribution in [0.5, 0.6) is 0 Å². The quantitative estimate of drug-likeness (QED) is 0.384. The van der Waals surface area contributed by atoms with Gasteiger partial charge in [-0.1, -0.05) is 0 Å². The molecule has 0 aliphatic rings. The van der Waals surface area contributed by atoms with Crippen LogP contribution in [-0.4, -0.2) is 22.9 Å². The second kappa shape index (κ2) is 5.53. The summed E-state index contributed by atoms with van der Waals surface area (Å²) in [6.07, 6.45) is 0. The molecule has 1 atom stereocenters. The second-order valence-corrected chi connectivity index (χ2v) is 4.19. The molecule has 0 unspecified atom stereocenters. The Hall–Kier alpha value is -1.35. The molecule has 1 aromatic rings. The van der Waals surface area contributed by atoms with Gasteiger partial charge in [0, 0.05) is 5.75 Å². The highest BCUT2D eigenvalue weighted by molar-refractivity contribution is 7.99. The minimum absolute atomic E-state index is 0.145. The Morgan fingerprint density at radius 1 is 1.06 bits per heavy atom. The average Bonchev–Trinajstić information content (AvgIpc) is 2.33. The van der Waals surface area contributed by atoms with Gasteiger partial charge in [0.2, 0.25) is 5.82 Å². The van der Waals surface area contributed by atoms with Crippen LogP contribution in [0.4, 0.5) is 22.0 Å². The lowest BCUT2D eigenvalue weighted by Crippen LogP contribution is -2.32. The summed E-state index contributed by atoms with van der Waals surface area (Å²) in [5.41, 5.74) is 5.04. The van der Waals surface area contributed by atoms with E-state index in [-0.39, 0.29) is 11.8 Å². The first-order valence-electron chi connectivity index (χ1n) is 4.40. The molecule has 1 rings (SSSR count). The van der Waals surface area contributed by atoms with E-state index >= 15 is 0 Å². The van der Waals surface area contributed by atoms with Crippen LogP contribution in [0.25, 0.3) is 0 Å². The minimum Gasteiger partial charge on any atom is -0.480 e. The van der Waals surface area contributed by atoms with Crippen LogP contribution in [0, 0.1) is 29.1 Å². The number of carboxylic acid groups (broad SMARTS) is 1. The second-order valence-electron chi connectivity index (χ2n) is 3.15. The number of rotatable bonds is 4. The van der Waals surface area contributed by atoms with Gasteiger partial charge in [0.15, 0.2) is 23.3 Å². The molecule has 0 radical (unpaired) electrons. The van der Waals surface area contributed by atoms with Gasteiger partial charge in [-0.05, 0) is 0 Å². The number of carbonyl (C=O) groups is 1. The fraction of sp³-hybridized carbons (Fsp3) is 0.222. The molecule has 100 valence electrons. The third-order valence-corrected chi connectivity index (χ3v) is 3.07. The maximum absolute atomic E-state index is 13.1. The zero-order valence-corrected chi connectivity index (χ0v) is 9.33. The third kappa shape index (κ3) is 2.72. The van der Waals surface area contributed by atoms with E-state index in [2.05, 4.69) is 0 Å². The Balaban J connectivity index is 3.07. The largest absolute Gasteiger partial charge is 0.480 e. The predicted molar refractivity (Wildman–Crippen MR) is 52.6 cm³/mol. The van der Waals surface area contributed by atoms with E-state index in [0.717, 1.165) is 0 Å².